The maximum Gasteiger partial charge on any atom is 0.407 e. The average molecular weight is 433 g/mol. The van der Waals surface area contributed by atoms with Crippen molar-refractivity contribution in [1.29, 1.82) is 0 Å². The van der Waals surface area contributed by atoms with Gasteiger partial charge in [0.05, 0.1) is 18.0 Å². The Bertz CT molecular complexity index is 978. The molecule has 0 saturated carbocycles. The molecule has 9 heteroatoms. The molecule has 2 saturated heterocycles. The largest absolute Gasteiger partial charge is 0.445 e. The van der Waals surface area contributed by atoms with Gasteiger partial charge in [-0.05, 0) is 24.6 Å². The Labute approximate surface area is 175 Å². The standard InChI is InChI=1S/C21H23NO7S/c1-14-7-9-16(10-8-14)30(24,25)29-17(19-20-18(28-20)13-26-19)11-22-21(23)27-12-15-5-3-2-4-6-15/h2-10,17-20H,11-13H2,1H3,(H,22,23)/t17-,18+,19-,20-/m1/s1. The molecule has 0 bridgehead atoms. The number of carbonyl (C=O) groups excluding carboxylic acids is 1. The Morgan fingerprint density at radius 3 is 2.53 bits per heavy atom. The predicted octanol–water partition coefficient (Wildman–Crippen LogP) is 2.16. The van der Waals surface area contributed by atoms with Gasteiger partial charge in [0.25, 0.3) is 10.1 Å². The molecule has 0 aromatic heterocycles. The quantitative estimate of drug-likeness (QED) is 0.503. The van der Waals surface area contributed by atoms with Gasteiger partial charge in [-0.25, -0.2) is 4.79 Å². The molecule has 0 unspecified atom stereocenters. The van der Waals surface area contributed by atoms with Crippen LogP contribution in [0.15, 0.2) is 59.5 Å². The zero-order valence-electron chi connectivity index (χ0n) is 16.4. The van der Waals surface area contributed by atoms with Crippen molar-refractivity contribution in [2.24, 2.45) is 0 Å². The maximum atomic E-state index is 12.7. The van der Waals surface area contributed by atoms with Gasteiger partial charge in [-0.3, -0.25) is 4.18 Å². The number of aryl methyl sites for hydroxylation is 1. The summed E-state index contributed by atoms with van der Waals surface area (Å²) < 4.78 is 47.2. The lowest BCUT2D eigenvalue weighted by atomic mass is 10.1. The minimum Gasteiger partial charge on any atom is -0.445 e. The van der Waals surface area contributed by atoms with Crippen molar-refractivity contribution in [1.82, 2.24) is 5.32 Å². The van der Waals surface area contributed by atoms with Crippen molar-refractivity contribution in [3.63, 3.8) is 0 Å². The molecule has 2 aromatic rings. The molecular weight excluding hydrogens is 410 g/mol. The number of hydrogen-bond donors (Lipinski definition) is 1. The molecule has 0 spiro atoms. The molecular formula is C21H23NO7S. The van der Waals surface area contributed by atoms with Crippen molar-refractivity contribution in [3.05, 3.63) is 65.7 Å². The highest BCUT2D eigenvalue weighted by Crippen LogP contribution is 2.37. The van der Waals surface area contributed by atoms with E-state index in [-0.39, 0.29) is 30.3 Å². The fourth-order valence-corrected chi connectivity index (χ4v) is 4.37. The van der Waals surface area contributed by atoms with Gasteiger partial charge in [0.1, 0.15) is 31.0 Å². The first-order valence-corrected chi connectivity index (χ1v) is 11.0. The number of ether oxygens (including phenoxy) is 3. The Balaban J connectivity index is 1.39. The van der Waals surface area contributed by atoms with Crippen molar-refractivity contribution < 1.29 is 31.6 Å². The van der Waals surface area contributed by atoms with Crippen LogP contribution in [-0.4, -0.2) is 52.1 Å². The van der Waals surface area contributed by atoms with Crippen molar-refractivity contribution in [2.75, 3.05) is 13.2 Å². The number of amides is 1. The summed E-state index contributed by atoms with van der Waals surface area (Å²) in [6.45, 7) is 2.24. The molecule has 30 heavy (non-hydrogen) atoms. The van der Waals surface area contributed by atoms with Crippen LogP contribution in [0.1, 0.15) is 11.1 Å². The second-order valence-corrected chi connectivity index (χ2v) is 8.85. The van der Waals surface area contributed by atoms with Gasteiger partial charge in [-0.15, -0.1) is 0 Å². The van der Waals surface area contributed by atoms with Crippen LogP contribution < -0.4 is 5.32 Å². The van der Waals surface area contributed by atoms with E-state index in [1.807, 2.05) is 37.3 Å². The van der Waals surface area contributed by atoms with Crippen molar-refractivity contribution in [3.8, 4) is 0 Å². The van der Waals surface area contributed by atoms with Gasteiger partial charge in [0.2, 0.25) is 0 Å². The van der Waals surface area contributed by atoms with Crippen LogP contribution in [0.4, 0.5) is 4.79 Å². The monoisotopic (exact) mass is 433 g/mol. The van der Waals surface area contributed by atoms with Crippen molar-refractivity contribution in [2.45, 2.75) is 42.8 Å². The van der Waals surface area contributed by atoms with E-state index in [9.17, 15) is 13.2 Å². The Hall–Kier alpha value is -2.46. The van der Waals surface area contributed by atoms with Gasteiger partial charge in [-0.2, -0.15) is 8.42 Å². The highest BCUT2D eigenvalue weighted by Gasteiger charge is 2.55. The number of benzene rings is 2. The van der Waals surface area contributed by atoms with E-state index in [1.54, 1.807) is 12.1 Å². The SMILES string of the molecule is Cc1ccc(S(=O)(=O)O[C@H](CNC(=O)OCc2ccccc2)[C@H]2OC[C@@H]3O[C@@H]23)cc1. The topological polar surface area (TPSA) is 103 Å². The first-order valence-electron chi connectivity index (χ1n) is 9.64. The lowest BCUT2D eigenvalue weighted by Gasteiger charge is -2.24. The number of alkyl carbamates (subject to hydrolysis) is 1. The molecule has 2 heterocycles. The minimum absolute atomic E-state index is 0.0380. The summed E-state index contributed by atoms with van der Waals surface area (Å²) in [6, 6.07) is 15.6. The molecule has 160 valence electrons. The van der Waals surface area contributed by atoms with Crippen LogP contribution in [0.25, 0.3) is 0 Å². The Kier molecular flexibility index (Phi) is 6.05. The van der Waals surface area contributed by atoms with E-state index in [0.717, 1.165) is 11.1 Å². The van der Waals surface area contributed by atoms with E-state index in [0.29, 0.717) is 6.61 Å². The third-order valence-corrected chi connectivity index (χ3v) is 6.34. The van der Waals surface area contributed by atoms with Crippen LogP contribution in [0, 0.1) is 6.92 Å². The lowest BCUT2D eigenvalue weighted by Crippen LogP contribution is -2.44. The summed E-state index contributed by atoms with van der Waals surface area (Å²) in [5.74, 6) is 0. The van der Waals surface area contributed by atoms with E-state index in [1.165, 1.54) is 12.1 Å². The van der Waals surface area contributed by atoms with E-state index >= 15 is 0 Å². The first kappa shape index (κ1) is 20.8. The molecule has 4 rings (SSSR count). The van der Waals surface area contributed by atoms with Gasteiger partial charge in [0.15, 0.2) is 0 Å². The fourth-order valence-electron chi connectivity index (χ4n) is 3.29. The molecule has 2 aliphatic rings. The minimum atomic E-state index is -4.05. The highest BCUT2D eigenvalue weighted by atomic mass is 32.2. The van der Waals surface area contributed by atoms with Crippen LogP contribution >= 0.6 is 0 Å². The van der Waals surface area contributed by atoms with Gasteiger partial charge < -0.3 is 19.5 Å². The summed E-state index contributed by atoms with van der Waals surface area (Å²) in [4.78, 5) is 12.1. The Morgan fingerprint density at radius 1 is 1.17 bits per heavy atom. The van der Waals surface area contributed by atoms with Gasteiger partial charge in [0, 0.05) is 0 Å². The van der Waals surface area contributed by atoms with Crippen molar-refractivity contribution >= 4 is 16.2 Å². The molecule has 1 amide bonds. The third kappa shape index (κ3) is 4.99. The maximum absolute atomic E-state index is 12.7. The van der Waals surface area contributed by atoms with Gasteiger partial charge >= 0.3 is 6.09 Å². The summed E-state index contributed by atoms with van der Waals surface area (Å²) in [7, 11) is -4.05. The molecule has 0 aliphatic carbocycles. The summed E-state index contributed by atoms with van der Waals surface area (Å²) in [6.07, 6.45) is -2.49. The number of nitrogens with one attached hydrogen (secondary N) is 1. The molecule has 4 atom stereocenters. The molecule has 2 fully saturated rings. The van der Waals surface area contributed by atoms with E-state index < -0.39 is 28.4 Å². The van der Waals surface area contributed by atoms with Gasteiger partial charge in [-0.1, -0.05) is 48.0 Å². The fraction of sp³-hybridized carbons (Fsp3) is 0.381. The van der Waals surface area contributed by atoms with Crippen LogP contribution in [0.3, 0.4) is 0 Å². The number of epoxide rings is 1. The highest BCUT2D eigenvalue weighted by molar-refractivity contribution is 7.86. The third-order valence-electron chi connectivity index (χ3n) is 4.99. The zero-order chi connectivity index (χ0) is 21.1. The Morgan fingerprint density at radius 2 is 1.90 bits per heavy atom. The number of rotatable bonds is 8. The van der Waals surface area contributed by atoms with E-state index in [4.69, 9.17) is 18.4 Å². The number of hydrogen-bond acceptors (Lipinski definition) is 7. The second kappa shape index (κ2) is 8.73. The molecule has 8 nitrogen and oxygen atoms in total. The molecule has 1 N–H and O–H groups in total. The predicted molar refractivity (Wildman–Crippen MR) is 106 cm³/mol. The summed E-state index contributed by atoms with van der Waals surface area (Å²) in [5, 5.41) is 2.57. The normalized spacial score (nSPS) is 23.4. The van der Waals surface area contributed by atoms with Crippen LogP contribution in [0.2, 0.25) is 0 Å². The smallest absolute Gasteiger partial charge is 0.407 e. The molecule has 2 aliphatic heterocycles. The van der Waals surface area contributed by atoms with E-state index in [2.05, 4.69) is 5.32 Å². The summed E-state index contributed by atoms with van der Waals surface area (Å²) >= 11 is 0. The summed E-state index contributed by atoms with van der Waals surface area (Å²) in [5.41, 5.74) is 1.78. The van der Waals surface area contributed by atoms with Crippen LogP contribution in [-0.2, 0) is 35.1 Å². The average Bonchev–Trinajstić information content (AvgIpc) is 3.40. The van der Waals surface area contributed by atoms with Crippen LogP contribution in [0.5, 0.6) is 0 Å². The first-order chi connectivity index (χ1) is 14.4. The second-order valence-electron chi connectivity index (χ2n) is 7.28. The molecule has 0 radical (unpaired) electrons. The lowest BCUT2D eigenvalue weighted by molar-refractivity contribution is -0.0347. The number of carbonyl (C=O) groups is 1. The number of fused-ring (bicyclic) bond motifs is 1. The molecule has 2 aromatic carbocycles. The zero-order valence-corrected chi connectivity index (χ0v) is 17.2.